The first-order chi connectivity index (χ1) is 4.79. The molecule has 0 unspecified atom stereocenters. The van der Waals surface area contributed by atoms with Crippen LogP contribution in [0, 0.1) is 0 Å². The summed E-state index contributed by atoms with van der Waals surface area (Å²) < 4.78 is 0. The van der Waals surface area contributed by atoms with E-state index < -0.39 is 5.97 Å². The van der Waals surface area contributed by atoms with Crippen molar-refractivity contribution in [3.05, 3.63) is 35.9 Å². The summed E-state index contributed by atoms with van der Waals surface area (Å²) >= 11 is 0. The maximum Gasteiger partial charge on any atom is 1.00 e. The fraction of sp³-hybridized carbons (Fsp3) is 0.125. The number of benzene rings is 1. The number of carboxylic acids is 1. The van der Waals surface area contributed by atoms with Crippen molar-refractivity contribution < 1.29 is 40.9 Å². The number of aliphatic carboxylic acids is 1. The fourth-order valence-electron chi connectivity index (χ4n) is 0.770. The number of carbonyl (C=O) groups is 1. The molecule has 0 heterocycles. The molecule has 1 aromatic carbocycles. The molecule has 0 atom stereocenters. The Morgan fingerprint density at radius 2 is 1.91 bits per heavy atom. The minimum Gasteiger partial charge on any atom is -1.00 e. The van der Waals surface area contributed by atoms with Gasteiger partial charge in [0.15, 0.2) is 0 Å². The zero-order valence-corrected chi connectivity index (χ0v) is 8.45. The van der Waals surface area contributed by atoms with Gasteiger partial charge >= 0.3 is 35.5 Å². The quantitative estimate of drug-likeness (QED) is 0.531. The van der Waals surface area contributed by atoms with Crippen molar-refractivity contribution >= 4 is 5.97 Å². The Balaban J connectivity index is 0. The van der Waals surface area contributed by atoms with Gasteiger partial charge in [-0.05, 0) is 5.56 Å². The second kappa shape index (κ2) is 5.35. The molecule has 0 bridgehead atoms. The van der Waals surface area contributed by atoms with Gasteiger partial charge in [0.1, 0.15) is 0 Å². The molecule has 1 N–H and O–H groups in total. The van der Waals surface area contributed by atoms with E-state index in [1.165, 1.54) is 0 Å². The summed E-state index contributed by atoms with van der Waals surface area (Å²) in [4.78, 5) is 10.2. The van der Waals surface area contributed by atoms with Gasteiger partial charge in [-0.3, -0.25) is 4.79 Å². The second-order valence-electron chi connectivity index (χ2n) is 2.06. The molecule has 3 heteroatoms. The smallest absolute Gasteiger partial charge is 1.00 e. The van der Waals surface area contributed by atoms with E-state index in [0.29, 0.717) is 0 Å². The molecule has 0 aliphatic heterocycles. The van der Waals surface area contributed by atoms with Crippen LogP contribution in [-0.2, 0) is 11.2 Å². The molecule has 0 aromatic heterocycles. The fourth-order valence-corrected chi connectivity index (χ4v) is 0.770. The van der Waals surface area contributed by atoms with Gasteiger partial charge in [-0.1, -0.05) is 30.3 Å². The van der Waals surface area contributed by atoms with Gasteiger partial charge in [-0.25, -0.2) is 0 Å². The Bertz CT molecular complexity index is 226. The molecule has 2 nitrogen and oxygen atoms in total. The molecule has 0 saturated heterocycles. The van der Waals surface area contributed by atoms with E-state index in [9.17, 15) is 4.79 Å². The normalized spacial score (nSPS) is 8.36. The van der Waals surface area contributed by atoms with E-state index in [4.69, 9.17) is 5.11 Å². The molecule has 11 heavy (non-hydrogen) atoms. The van der Waals surface area contributed by atoms with Crippen molar-refractivity contribution in [3.8, 4) is 0 Å². The van der Waals surface area contributed by atoms with Gasteiger partial charge in [-0.15, -0.1) is 0 Å². The minimum atomic E-state index is -0.786. The largest absolute Gasteiger partial charge is 1.00 e. The standard InChI is InChI=1S/C8H8O2.Na.H/c9-8(10)6-7-4-2-1-3-5-7;;/h1-5H,6H2,(H,9,10);;/q;+1;-1. The summed E-state index contributed by atoms with van der Waals surface area (Å²) in [5.41, 5.74) is 0.843. The zero-order valence-electron chi connectivity index (χ0n) is 7.45. The van der Waals surface area contributed by atoms with Crippen LogP contribution in [-0.4, -0.2) is 11.1 Å². The predicted octanol–water partition coefficient (Wildman–Crippen LogP) is -1.57. The van der Waals surface area contributed by atoms with Gasteiger partial charge in [0, 0.05) is 0 Å². The summed E-state index contributed by atoms with van der Waals surface area (Å²) in [5, 5.41) is 8.37. The third-order valence-electron chi connectivity index (χ3n) is 1.20. The van der Waals surface area contributed by atoms with Crippen LogP contribution in [0.4, 0.5) is 0 Å². The molecule has 0 radical (unpaired) electrons. The van der Waals surface area contributed by atoms with E-state index in [-0.39, 0.29) is 37.4 Å². The Morgan fingerprint density at radius 1 is 1.36 bits per heavy atom. The number of carboxylic acid groups (broad SMARTS) is 1. The van der Waals surface area contributed by atoms with Crippen molar-refractivity contribution in [1.82, 2.24) is 0 Å². The maximum atomic E-state index is 10.2. The molecule has 0 fully saturated rings. The van der Waals surface area contributed by atoms with Gasteiger partial charge in [0.05, 0.1) is 6.42 Å². The summed E-state index contributed by atoms with van der Waals surface area (Å²) in [6.45, 7) is 0. The summed E-state index contributed by atoms with van der Waals surface area (Å²) in [6, 6.07) is 9.13. The Labute approximate surface area is 89.0 Å². The van der Waals surface area contributed by atoms with E-state index in [1.807, 2.05) is 18.2 Å². The zero-order chi connectivity index (χ0) is 7.40. The molecule has 54 valence electrons. The Morgan fingerprint density at radius 3 is 2.36 bits per heavy atom. The van der Waals surface area contributed by atoms with Gasteiger partial charge in [0.2, 0.25) is 0 Å². The number of hydrogen-bond acceptors (Lipinski definition) is 1. The van der Waals surface area contributed by atoms with E-state index in [0.717, 1.165) is 5.56 Å². The molecule has 0 aliphatic rings. The van der Waals surface area contributed by atoms with Gasteiger partial charge < -0.3 is 6.53 Å². The van der Waals surface area contributed by atoms with E-state index in [1.54, 1.807) is 12.1 Å². The van der Waals surface area contributed by atoms with Crippen molar-refractivity contribution in [1.29, 1.82) is 0 Å². The monoisotopic (exact) mass is 160 g/mol. The Hall–Kier alpha value is -0.310. The van der Waals surface area contributed by atoms with Crippen LogP contribution in [0.15, 0.2) is 30.3 Å². The molecule has 0 saturated carbocycles. The molecule has 1 rings (SSSR count). The van der Waals surface area contributed by atoms with Crippen LogP contribution in [0.5, 0.6) is 0 Å². The van der Waals surface area contributed by atoms with Gasteiger partial charge in [-0.2, -0.15) is 0 Å². The average molecular weight is 160 g/mol. The van der Waals surface area contributed by atoms with Crippen molar-refractivity contribution in [2.24, 2.45) is 0 Å². The van der Waals surface area contributed by atoms with Crippen molar-refractivity contribution in [3.63, 3.8) is 0 Å². The van der Waals surface area contributed by atoms with Crippen molar-refractivity contribution in [2.75, 3.05) is 0 Å². The summed E-state index contributed by atoms with van der Waals surface area (Å²) in [7, 11) is 0. The van der Waals surface area contributed by atoms with Crippen LogP contribution >= 0.6 is 0 Å². The average Bonchev–Trinajstić information content (AvgIpc) is 1.88. The van der Waals surface area contributed by atoms with Crippen molar-refractivity contribution in [2.45, 2.75) is 6.42 Å². The molecule has 0 amide bonds. The van der Waals surface area contributed by atoms with Crippen LogP contribution in [0.25, 0.3) is 0 Å². The van der Waals surface area contributed by atoms with Crippen LogP contribution in [0.3, 0.4) is 0 Å². The molecular weight excluding hydrogens is 151 g/mol. The van der Waals surface area contributed by atoms with E-state index in [2.05, 4.69) is 0 Å². The summed E-state index contributed by atoms with van der Waals surface area (Å²) in [5.74, 6) is -0.786. The predicted molar refractivity (Wildman–Crippen MR) is 38.9 cm³/mol. The molecule has 0 spiro atoms. The molecule has 1 aromatic rings. The third-order valence-corrected chi connectivity index (χ3v) is 1.20. The van der Waals surface area contributed by atoms with Crippen LogP contribution in [0.1, 0.15) is 6.99 Å². The molecule has 0 aliphatic carbocycles. The van der Waals surface area contributed by atoms with Crippen LogP contribution < -0.4 is 29.6 Å². The second-order valence-corrected chi connectivity index (χ2v) is 2.06. The van der Waals surface area contributed by atoms with Gasteiger partial charge in [0.25, 0.3) is 0 Å². The Kier molecular flexibility index (Phi) is 5.20. The van der Waals surface area contributed by atoms with Crippen LogP contribution in [0.2, 0.25) is 0 Å². The first kappa shape index (κ1) is 10.7. The first-order valence-corrected chi connectivity index (χ1v) is 3.05. The number of rotatable bonds is 2. The summed E-state index contributed by atoms with van der Waals surface area (Å²) in [6.07, 6.45) is 0.112. The number of hydrogen-bond donors (Lipinski definition) is 1. The van der Waals surface area contributed by atoms with E-state index >= 15 is 0 Å². The molecular formula is C8H9NaO2. The minimum absolute atomic E-state index is 0. The topological polar surface area (TPSA) is 37.3 Å². The first-order valence-electron chi connectivity index (χ1n) is 3.05. The third kappa shape index (κ3) is 4.19. The SMILES string of the molecule is O=C(O)Cc1ccccc1.[H-].[Na+]. The maximum absolute atomic E-state index is 10.2.